The molecule has 0 bridgehead atoms. The van der Waals surface area contributed by atoms with Crippen molar-refractivity contribution in [3.63, 3.8) is 0 Å². The van der Waals surface area contributed by atoms with E-state index in [2.05, 4.69) is 38.2 Å². The molecule has 0 saturated carbocycles. The molecule has 0 aliphatic heterocycles. The van der Waals surface area contributed by atoms with Gasteiger partial charge in [0.15, 0.2) is 0 Å². The first-order valence-corrected chi connectivity index (χ1v) is 18.9. The van der Waals surface area contributed by atoms with Gasteiger partial charge in [0, 0.05) is 106 Å². The molecule has 0 aromatic heterocycles. The Morgan fingerprint density at radius 1 is 0.439 bits per heavy atom. The maximum absolute atomic E-state index is 10.8. The van der Waals surface area contributed by atoms with Gasteiger partial charge in [-0.05, 0) is 74.0 Å². The van der Waals surface area contributed by atoms with Crippen molar-refractivity contribution in [2.45, 2.75) is 122 Å². The molecule has 0 spiro atoms. The number of aliphatic carboxylic acids is 6. The van der Waals surface area contributed by atoms with E-state index < -0.39 is 59.5 Å². The zero-order chi connectivity index (χ0) is 43.1. The minimum Gasteiger partial charge on any atom is -0.550 e. The minimum atomic E-state index is -1.36. The van der Waals surface area contributed by atoms with Crippen molar-refractivity contribution in [2.75, 3.05) is 0 Å². The Morgan fingerprint density at radius 2 is 0.702 bits per heavy atom. The van der Waals surface area contributed by atoms with Crippen molar-refractivity contribution in [3.05, 3.63) is 48.6 Å². The first kappa shape index (κ1) is 69.3. The monoisotopic (exact) mass is 955 g/mol. The standard InChI is InChI=1S/2C11H18O4.2C10H18O2.3Zn/c2*1-4-5-6-7(2)9(11(14)15)8(3)10(12)13;2*1-4-5-6-8(2)7-9(3)10(11)12;;;/h2*5-9H,4H2,1-3H3,(H,12,13)(H,14,15);2*5-6,8-9H,4,7H2,1-3H3,(H,11,12);;;/p-5. The molecule has 10 atom stereocenters. The molecule has 0 fully saturated rings. The average molecular weight is 960 g/mol. The number of carboxylic acids is 6. The smallest absolute Gasteiger partial charge is 0.306 e. The number of carboxylic acid groups (broad SMARTS) is 6. The molecular formula is C42H67O12Zn3-5. The third kappa shape index (κ3) is 37.7. The second kappa shape index (κ2) is 41.8. The van der Waals surface area contributed by atoms with Gasteiger partial charge in [-0.25, -0.2) is 0 Å². The number of hydrogen-bond donors (Lipinski definition) is 1. The zero-order valence-corrected chi connectivity index (χ0v) is 45.6. The normalized spacial score (nSPS) is 15.9. The van der Waals surface area contributed by atoms with Crippen molar-refractivity contribution in [1.82, 2.24) is 0 Å². The van der Waals surface area contributed by atoms with Gasteiger partial charge in [-0.1, -0.05) is 132 Å². The largest absolute Gasteiger partial charge is 0.550 e. The van der Waals surface area contributed by atoms with Gasteiger partial charge in [0.1, 0.15) is 0 Å². The third-order valence-corrected chi connectivity index (χ3v) is 8.52. The first-order chi connectivity index (χ1) is 25.0. The molecule has 0 heterocycles. The molecule has 0 amide bonds. The van der Waals surface area contributed by atoms with Crippen molar-refractivity contribution in [2.24, 2.45) is 59.2 Å². The maximum Gasteiger partial charge on any atom is 0.306 e. The van der Waals surface area contributed by atoms with E-state index in [1.165, 1.54) is 13.8 Å². The van der Waals surface area contributed by atoms with Crippen LogP contribution in [0.1, 0.15) is 122 Å². The van der Waals surface area contributed by atoms with E-state index in [0.717, 1.165) is 25.7 Å². The average Bonchev–Trinajstić information content (AvgIpc) is 3.08. The number of hydrogen-bond acceptors (Lipinski definition) is 11. The van der Waals surface area contributed by atoms with E-state index in [-0.39, 0.29) is 82.1 Å². The summed E-state index contributed by atoms with van der Waals surface area (Å²) in [6, 6.07) is 0. The molecule has 0 saturated heterocycles. The van der Waals surface area contributed by atoms with Gasteiger partial charge in [-0.2, -0.15) is 0 Å². The Morgan fingerprint density at radius 3 is 0.912 bits per heavy atom. The fourth-order valence-electron chi connectivity index (χ4n) is 5.19. The van der Waals surface area contributed by atoms with E-state index in [4.69, 9.17) is 5.11 Å². The molecule has 12 nitrogen and oxygen atoms in total. The first-order valence-electron chi connectivity index (χ1n) is 18.9. The van der Waals surface area contributed by atoms with Crippen molar-refractivity contribution >= 4 is 35.8 Å². The SMILES string of the molecule is CCC=CC(C)C(C(=O)[O-])C(C)C(=O)O.CCC=CC(C)C(C(=O)[O-])C(C)C(=O)[O-].CCC=CC(C)CC(C)C(=O)[O-].CCC=CC(C)CC(C)C(=O)[O-].[Zn].[Zn].[Zn]. The van der Waals surface area contributed by atoms with E-state index >= 15 is 0 Å². The van der Waals surface area contributed by atoms with Crippen molar-refractivity contribution in [1.29, 1.82) is 0 Å². The van der Waals surface area contributed by atoms with Crippen LogP contribution in [0.4, 0.5) is 0 Å². The topological polar surface area (TPSA) is 238 Å². The van der Waals surface area contributed by atoms with Gasteiger partial charge in [0.25, 0.3) is 0 Å². The summed E-state index contributed by atoms with van der Waals surface area (Å²) in [6.45, 7) is 21.4. The van der Waals surface area contributed by atoms with Crippen molar-refractivity contribution in [3.8, 4) is 0 Å². The molecule has 0 aliphatic rings. The summed E-state index contributed by atoms with van der Waals surface area (Å²) in [5.74, 6) is -11.8. The summed E-state index contributed by atoms with van der Waals surface area (Å²) in [6.07, 6.45) is 20.2. The minimum absolute atomic E-state index is 0. The van der Waals surface area contributed by atoms with Crippen LogP contribution in [-0.2, 0) is 87.2 Å². The van der Waals surface area contributed by atoms with Crippen molar-refractivity contribution < 1.29 is 118 Å². The summed E-state index contributed by atoms with van der Waals surface area (Å²) < 4.78 is 0. The molecule has 15 heteroatoms. The van der Waals surface area contributed by atoms with Crippen LogP contribution in [0.25, 0.3) is 0 Å². The van der Waals surface area contributed by atoms with E-state index in [1.54, 1.807) is 39.8 Å². The molecule has 318 valence electrons. The number of carbonyl (C=O) groups excluding carboxylic acids is 5. The number of rotatable bonds is 22. The van der Waals surface area contributed by atoms with Gasteiger partial charge in [-0.3, -0.25) is 4.79 Å². The Labute approximate surface area is 380 Å². The van der Waals surface area contributed by atoms with Gasteiger partial charge >= 0.3 is 5.97 Å². The molecule has 1 N–H and O–H groups in total. The fraction of sp³-hybridized carbons (Fsp3) is 0.667. The van der Waals surface area contributed by atoms with Gasteiger partial charge < -0.3 is 54.6 Å². The Balaban J connectivity index is -0.000000116. The Bertz CT molecular complexity index is 1130. The van der Waals surface area contributed by atoms with Crippen LogP contribution in [0.3, 0.4) is 0 Å². The second-order valence-electron chi connectivity index (χ2n) is 13.9. The number of carbonyl (C=O) groups is 6. The van der Waals surface area contributed by atoms with E-state index in [0.29, 0.717) is 24.7 Å². The summed E-state index contributed by atoms with van der Waals surface area (Å²) in [5, 5.41) is 61.8. The van der Waals surface area contributed by atoms with Crippen LogP contribution in [0.5, 0.6) is 0 Å². The summed E-state index contributed by atoms with van der Waals surface area (Å²) in [5.41, 5.74) is 0. The molecule has 0 rings (SSSR count). The molecule has 0 aliphatic carbocycles. The summed E-state index contributed by atoms with van der Waals surface area (Å²) >= 11 is 0. The fourth-order valence-corrected chi connectivity index (χ4v) is 5.19. The molecule has 57 heavy (non-hydrogen) atoms. The predicted molar refractivity (Wildman–Crippen MR) is 200 cm³/mol. The van der Waals surface area contributed by atoms with Crippen LogP contribution in [0.2, 0.25) is 0 Å². The molecule has 10 unspecified atom stereocenters. The third-order valence-electron chi connectivity index (χ3n) is 8.52. The zero-order valence-electron chi connectivity index (χ0n) is 36.7. The van der Waals surface area contributed by atoms with Crippen LogP contribution >= 0.6 is 0 Å². The quantitative estimate of drug-likeness (QED) is 0.122. The molecule has 0 aromatic rings. The van der Waals surface area contributed by atoms with Gasteiger partial charge in [0.05, 0.1) is 5.92 Å². The van der Waals surface area contributed by atoms with Crippen LogP contribution in [-0.4, -0.2) is 40.9 Å². The van der Waals surface area contributed by atoms with Crippen LogP contribution < -0.4 is 25.5 Å². The predicted octanol–water partition coefficient (Wildman–Crippen LogP) is 2.74. The molecule has 0 radical (unpaired) electrons. The van der Waals surface area contributed by atoms with E-state index in [9.17, 15) is 54.3 Å². The van der Waals surface area contributed by atoms with Crippen LogP contribution in [0.15, 0.2) is 48.6 Å². The molecular weight excluding hydrogens is 893 g/mol. The second-order valence-corrected chi connectivity index (χ2v) is 13.9. The number of allylic oxidation sites excluding steroid dienone is 8. The van der Waals surface area contributed by atoms with E-state index in [1.807, 2.05) is 39.8 Å². The maximum atomic E-state index is 10.8. The summed E-state index contributed by atoms with van der Waals surface area (Å²) in [4.78, 5) is 63.7. The van der Waals surface area contributed by atoms with Crippen LogP contribution in [0, 0.1) is 59.2 Å². The molecule has 0 aromatic carbocycles. The van der Waals surface area contributed by atoms with Gasteiger partial charge in [-0.15, -0.1) is 0 Å². The Hall–Kier alpha value is -2.35. The summed E-state index contributed by atoms with van der Waals surface area (Å²) in [7, 11) is 0. The Kier molecular flexibility index (Phi) is 50.8. The van der Waals surface area contributed by atoms with Gasteiger partial charge in [0.2, 0.25) is 0 Å².